The highest BCUT2D eigenvalue weighted by molar-refractivity contribution is 5.98. The second-order valence-corrected chi connectivity index (χ2v) is 7.49. The normalized spacial score (nSPS) is 22.9. The van der Waals surface area contributed by atoms with Crippen LogP contribution in [0.1, 0.15) is 0 Å². The van der Waals surface area contributed by atoms with Gasteiger partial charge in [0.25, 0.3) is 0 Å². The van der Waals surface area contributed by atoms with E-state index in [1.165, 1.54) is 43.5 Å². The molecular formula is C22H22O11. The summed E-state index contributed by atoms with van der Waals surface area (Å²) in [6.45, 7) is -0.456. The molecule has 3 aromatic rings. The smallest absolute Gasteiger partial charge is 0.336 e. The van der Waals surface area contributed by atoms with Crippen molar-refractivity contribution in [3.05, 3.63) is 46.8 Å². The lowest BCUT2D eigenvalue weighted by Crippen LogP contribution is -2.52. The van der Waals surface area contributed by atoms with Crippen molar-refractivity contribution in [2.45, 2.75) is 18.5 Å². The molecule has 0 aliphatic carbocycles. The molecule has 0 saturated carbocycles. The van der Waals surface area contributed by atoms with E-state index < -0.39 is 35.8 Å². The monoisotopic (exact) mass is 462 g/mol. The molecule has 5 N–H and O–H groups in total. The van der Waals surface area contributed by atoms with Gasteiger partial charge in [-0.05, 0) is 17.7 Å². The molecule has 0 spiro atoms. The maximum Gasteiger partial charge on any atom is 0.336 e. The van der Waals surface area contributed by atoms with Crippen molar-refractivity contribution in [3.8, 4) is 34.1 Å². The molecule has 11 heteroatoms. The van der Waals surface area contributed by atoms with Gasteiger partial charge in [0.2, 0.25) is 6.29 Å². The van der Waals surface area contributed by atoms with Crippen molar-refractivity contribution >= 4 is 11.0 Å². The first-order valence-corrected chi connectivity index (χ1v) is 9.92. The summed E-state index contributed by atoms with van der Waals surface area (Å²) < 4.78 is 15.8. The fourth-order valence-electron chi connectivity index (χ4n) is 3.54. The number of methoxy groups -OCH3 is 1. The highest BCUT2D eigenvalue weighted by Gasteiger charge is 2.40. The molecule has 33 heavy (non-hydrogen) atoms. The quantitative estimate of drug-likeness (QED) is 0.153. The maximum atomic E-state index is 12.2. The molecule has 1 aliphatic heterocycles. The highest BCUT2D eigenvalue weighted by Crippen LogP contribution is 2.40. The second-order valence-electron chi connectivity index (χ2n) is 7.49. The maximum absolute atomic E-state index is 12.2. The number of ether oxygens (including phenoxy) is 2. The molecule has 1 aliphatic rings. The average Bonchev–Trinajstić information content (AvgIpc) is 2.80. The molecule has 2 aromatic carbocycles. The van der Waals surface area contributed by atoms with E-state index in [-0.39, 0.29) is 41.4 Å². The molecule has 0 unspecified atom stereocenters. The summed E-state index contributed by atoms with van der Waals surface area (Å²) in [7, 11) is 1.39. The Bertz CT molecular complexity index is 1200. The van der Waals surface area contributed by atoms with E-state index in [9.17, 15) is 30.3 Å². The van der Waals surface area contributed by atoms with Crippen LogP contribution in [0.15, 0.2) is 45.6 Å². The highest BCUT2D eigenvalue weighted by atomic mass is 17.2. The third-order valence-electron chi connectivity index (χ3n) is 5.36. The van der Waals surface area contributed by atoms with E-state index >= 15 is 0 Å². The Morgan fingerprint density at radius 3 is 2.55 bits per heavy atom. The fourth-order valence-corrected chi connectivity index (χ4v) is 3.54. The lowest BCUT2D eigenvalue weighted by molar-refractivity contribution is -0.368. The number of aliphatic hydroxyl groups excluding tert-OH is 3. The van der Waals surface area contributed by atoms with Gasteiger partial charge in [-0.15, -0.1) is 0 Å². The molecule has 0 radical (unpaired) electrons. The fraction of sp³-hybridized carbons (Fsp3) is 0.318. The standard InChI is InChI=1S/C22H22O11/c1-29-12-5-16-19(13(7-18(26)31-16)10-2-3-14(24)15(25)4-10)17(6-12)32-33-22-21(28)20(27)11(8-23)9-30-22/h2-7,11,20-25,27-28H,8-9H2,1H3/t11-,20-,21+,22+/m0/s1. The molecule has 176 valence electrons. The number of phenolic OH excluding ortho intramolecular Hbond substituents is 2. The van der Waals surface area contributed by atoms with Gasteiger partial charge < -0.3 is 44.3 Å². The Morgan fingerprint density at radius 1 is 1.06 bits per heavy atom. The third kappa shape index (κ3) is 4.45. The molecule has 1 aromatic heterocycles. The van der Waals surface area contributed by atoms with Gasteiger partial charge in [0.15, 0.2) is 17.2 Å². The van der Waals surface area contributed by atoms with Crippen LogP contribution in [-0.4, -0.2) is 64.4 Å². The van der Waals surface area contributed by atoms with Crippen molar-refractivity contribution in [2.24, 2.45) is 5.92 Å². The van der Waals surface area contributed by atoms with Crippen LogP contribution in [0.4, 0.5) is 0 Å². The molecule has 1 saturated heterocycles. The lowest BCUT2D eigenvalue weighted by atomic mass is 9.97. The van der Waals surface area contributed by atoms with Crippen molar-refractivity contribution in [3.63, 3.8) is 0 Å². The number of phenols is 2. The van der Waals surface area contributed by atoms with E-state index in [4.69, 9.17) is 23.7 Å². The minimum atomic E-state index is -1.50. The molecule has 4 rings (SSSR count). The molecule has 1 fully saturated rings. The van der Waals surface area contributed by atoms with Crippen LogP contribution in [0.2, 0.25) is 0 Å². The predicted molar refractivity (Wildman–Crippen MR) is 112 cm³/mol. The van der Waals surface area contributed by atoms with E-state index in [0.717, 1.165) is 0 Å². The summed E-state index contributed by atoms with van der Waals surface area (Å²) in [5, 5.41) is 49.4. The van der Waals surface area contributed by atoms with Gasteiger partial charge >= 0.3 is 5.63 Å². The number of benzene rings is 2. The molecule has 4 atom stereocenters. The SMILES string of the molecule is COc1cc(OO[C@H]2OC[C@H](CO)[C@H](O)[C@H]2O)c2c(-c3ccc(O)c(O)c3)cc(=O)oc2c1. The van der Waals surface area contributed by atoms with Gasteiger partial charge in [-0.3, -0.25) is 0 Å². The summed E-state index contributed by atoms with van der Waals surface area (Å²) in [6.07, 6.45) is -4.17. The average molecular weight is 462 g/mol. The van der Waals surface area contributed by atoms with Gasteiger partial charge in [0, 0.05) is 29.7 Å². The van der Waals surface area contributed by atoms with Crippen molar-refractivity contribution < 1.29 is 49.2 Å². The van der Waals surface area contributed by atoms with Crippen LogP contribution >= 0.6 is 0 Å². The Hall–Kier alpha value is -3.35. The first-order chi connectivity index (χ1) is 15.8. The van der Waals surface area contributed by atoms with Gasteiger partial charge in [-0.1, -0.05) is 6.07 Å². The first kappa shape index (κ1) is 22.8. The Kier molecular flexibility index (Phi) is 6.40. The summed E-state index contributed by atoms with van der Waals surface area (Å²) in [4.78, 5) is 22.9. The number of rotatable bonds is 6. The van der Waals surface area contributed by atoms with Crippen LogP contribution in [0.5, 0.6) is 23.0 Å². The van der Waals surface area contributed by atoms with Crippen molar-refractivity contribution in [1.82, 2.24) is 0 Å². The largest absolute Gasteiger partial charge is 0.504 e. The number of hydrogen-bond acceptors (Lipinski definition) is 11. The summed E-state index contributed by atoms with van der Waals surface area (Å²) in [6, 6.07) is 8.07. The van der Waals surface area contributed by atoms with Crippen LogP contribution in [0.25, 0.3) is 22.1 Å². The van der Waals surface area contributed by atoms with Crippen LogP contribution < -0.4 is 15.3 Å². The topological polar surface area (TPSA) is 168 Å². The molecule has 0 bridgehead atoms. The minimum Gasteiger partial charge on any atom is -0.504 e. The van der Waals surface area contributed by atoms with E-state index in [1.807, 2.05) is 0 Å². The molecule has 2 heterocycles. The zero-order chi connectivity index (χ0) is 23.7. The van der Waals surface area contributed by atoms with Crippen LogP contribution in [-0.2, 0) is 9.62 Å². The Labute approximate surface area is 186 Å². The Balaban J connectivity index is 1.75. The van der Waals surface area contributed by atoms with Crippen molar-refractivity contribution in [2.75, 3.05) is 20.3 Å². The van der Waals surface area contributed by atoms with Crippen molar-refractivity contribution in [1.29, 1.82) is 0 Å². The Morgan fingerprint density at radius 2 is 1.85 bits per heavy atom. The third-order valence-corrected chi connectivity index (χ3v) is 5.36. The van der Waals surface area contributed by atoms with Gasteiger partial charge in [-0.2, -0.15) is 4.89 Å². The van der Waals surface area contributed by atoms with Gasteiger partial charge in [-0.25, -0.2) is 4.79 Å². The van der Waals surface area contributed by atoms with Gasteiger partial charge in [0.1, 0.15) is 17.4 Å². The second kappa shape index (κ2) is 9.25. The summed E-state index contributed by atoms with van der Waals surface area (Å²) in [5.74, 6) is -1.13. The van der Waals surface area contributed by atoms with E-state index in [2.05, 4.69) is 0 Å². The predicted octanol–water partition coefficient (Wildman–Crippen LogP) is 0.877. The molecule has 11 nitrogen and oxygen atoms in total. The lowest BCUT2D eigenvalue weighted by Gasteiger charge is -2.35. The minimum absolute atomic E-state index is 0.0187. The van der Waals surface area contributed by atoms with E-state index in [1.54, 1.807) is 0 Å². The zero-order valence-corrected chi connectivity index (χ0v) is 17.4. The number of fused-ring (bicyclic) bond motifs is 1. The molecular weight excluding hydrogens is 440 g/mol. The summed E-state index contributed by atoms with van der Waals surface area (Å²) >= 11 is 0. The number of aliphatic hydroxyl groups is 3. The van der Waals surface area contributed by atoms with E-state index in [0.29, 0.717) is 11.1 Å². The van der Waals surface area contributed by atoms with Crippen LogP contribution in [0.3, 0.4) is 0 Å². The van der Waals surface area contributed by atoms with Crippen LogP contribution in [0, 0.1) is 5.92 Å². The number of hydrogen-bond donors (Lipinski definition) is 5. The van der Waals surface area contributed by atoms with Gasteiger partial charge in [0.05, 0.1) is 31.8 Å². The first-order valence-electron chi connectivity index (χ1n) is 9.92. The summed E-state index contributed by atoms with van der Waals surface area (Å²) in [5.41, 5.74) is 0.0552. The zero-order valence-electron chi connectivity index (χ0n) is 17.4. The number of aromatic hydroxyl groups is 2. The molecule has 0 amide bonds.